The number of urea groups is 1. The molecule has 0 unspecified atom stereocenters. The normalized spacial score (nSPS) is 21.1. The van der Waals surface area contributed by atoms with Crippen molar-refractivity contribution in [1.29, 1.82) is 0 Å². The molecule has 1 fully saturated rings. The Balaban J connectivity index is 1.75. The second-order valence-electron chi connectivity index (χ2n) is 5.24. The summed E-state index contributed by atoms with van der Waals surface area (Å²) in [4.78, 5) is 35.6. The van der Waals surface area contributed by atoms with Crippen LogP contribution in [0.5, 0.6) is 0 Å². The first-order chi connectivity index (χ1) is 10.5. The SMILES string of the molecule is CC[C@@]1(C)NC(=O)N(NC(=O)CNCCn2cccn2)C1=O. The van der Waals surface area contributed by atoms with Gasteiger partial charge in [-0.25, -0.2) is 4.79 Å². The Bertz CT molecular complexity index is 558. The predicted molar refractivity (Wildman–Crippen MR) is 77.3 cm³/mol. The molecule has 0 aliphatic carbocycles. The van der Waals surface area contributed by atoms with Gasteiger partial charge in [0.05, 0.1) is 13.1 Å². The van der Waals surface area contributed by atoms with Gasteiger partial charge in [-0.15, -0.1) is 0 Å². The lowest BCUT2D eigenvalue weighted by atomic mass is 10.00. The minimum Gasteiger partial charge on any atom is -0.322 e. The minimum atomic E-state index is -0.960. The number of carbonyl (C=O) groups excluding carboxylic acids is 3. The van der Waals surface area contributed by atoms with Crippen molar-refractivity contribution in [3.8, 4) is 0 Å². The molecule has 1 aromatic heterocycles. The topological polar surface area (TPSA) is 108 Å². The van der Waals surface area contributed by atoms with Crippen LogP contribution in [0.1, 0.15) is 20.3 Å². The zero-order chi connectivity index (χ0) is 16.2. The Morgan fingerprint density at radius 1 is 1.45 bits per heavy atom. The van der Waals surface area contributed by atoms with Crippen LogP contribution in [0.15, 0.2) is 18.5 Å². The first-order valence-electron chi connectivity index (χ1n) is 7.10. The van der Waals surface area contributed by atoms with Gasteiger partial charge in [0.25, 0.3) is 11.8 Å². The third kappa shape index (κ3) is 3.42. The van der Waals surface area contributed by atoms with Gasteiger partial charge in [-0.2, -0.15) is 10.1 Å². The standard InChI is InChI=1S/C13H20N6O3/c1-3-13(2)11(21)19(12(22)16-13)17-10(20)9-14-6-8-18-7-4-5-15-18/h4-5,7,14H,3,6,8-9H2,1-2H3,(H,16,22)(H,17,20)/t13-/m1/s1. The second kappa shape index (κ2) is 6.56. The molecule has 2 heterocycles. The maximum absolute atomic E-state index is 12.1. The maximum atomic E-state index is 12.1. The van der Waals surface area contributed by atoms with E-state index in [2.05, 4.69) is 21.2 Å². The molecule has 1 aliphatic rings. The molecule has 1 atom stereocenters. The summed E-state index contributed by atoms with van der Waals surface area (Å²) in [6.45, 7) is 4.59. The van der Waals surface area contributed by atoms with Gasteiger partial charge in [0.15, 0.2) is 0 Å². The van der Waals surface area contributed by atoms with Gasteiger partial charge < -0.3 is 10.6 Å². The summed E-state index contributed by atoms with van der Waals surface area (Å²) < 4.78 is 1.73. The fraction of sp³-hybridized carbons (Fsp3) is 0.538. The molecular weight excluding hydrogens is 288 g/mol. The number of amides is 4. The van der Waals surface area contributed by atoms with Gasteiger partial charge in [0.2, 0.25) is 0 Å². The van der Waals surface area contributed by atoms with Crippen LogP contribution in [-0.2, 0) is 16.1 Å². The highest BCUT2D eigenvalue weighted by Crippen LogP contribution is 2.18. The van der Waals surface area contributed by atoms with Crippen molar-refractivity contribution < 1.29 is 14.4 Å². The summed E-state index contributed by atoms with van der Waals surface area (Å²) in [5.74, 6) is -0.908. The van der Waals surface area contributed by atoms with Crippen LogP contribution in [0.3, 0.4) is 0 Å². The molecule has 0 spiro atoms. The zero-order valence-electron chi connectivity index (χ0n) is 12.6. The van der Waals surface area contributed by atoms with E-state index in [1.807, 2.05) is 12.3 Å². The Kier molecular flexibility index (Phi) is 4.76. The van der Waals surface area contributed by atoms with Gasteiger partial charge in [0, 0.05) is 18.9 Å². The minimum absolute atomic E-state index is 0.00116. The second-order valence-corrected chi connectivity index (χ2v) is 5.24. The molecule has 1 aromatic rings. The number of rotatable bonds is 7. The van der Waals surface area contributed by atoms with Crippen LogP contribution < -0.4 is 16.1 Å². The molecule has 1 saturated heterocycles. The highest BCUT2D eigenvalue weighted by atomic mass is 16.2. The van der Waals surface area contributed by atoms with E-state index < -0.39 is 23.4 Å². The summed E-state index contributed by atoms with van der Waals surface area (Å²) in [5.41, 5.74) is 1.35. The third-order valence-electron chi connectivity index (χ3n) is 3.57. The van der Waals surface area contributed by atoms with Gasteiger partial charge in [-0.05, 0) is 19.4 Å². The van der Waals surface area contributed by atoms with Crippen molar-refractivity contribution in [1.82, 2.24) is 30.8 Å². The van der Waals surface area contributed by atoms with Crippen molar-refractivity contribution in [3.63, 3.8) is 0 Å². The molecule has 9 heteroatoms. The molecule has 120 valence electrons. The number of aromatic nitrogens is 2. The van der Waals surface area contributed by atoms with Crippen LogP contribution in [0.2, 0.25) is 0 Å². The van der Waals surface area contributed by atoms with E-state index in [0.29, 0.717) is 19.5 Å². The van der Waals surface area contributed by atoms with E-state index in [0.717, 1.165) is 5.01 Å². The first-order valence-corrected chi connectivity index (χ1v) is 7.10. The van der Waals surface area contributed by atoms with Gasteiger partial charge >= 0.3 is 6.03 Å². The van der Waals surface area contributed by atoms with E-state index in [-0.39, 0.29) is 6.54 Å². The molecule has 9 nitrogen and oxygen atoms in total. The zero-order valence-corrected chi connectivity index (χ0v) is 12.6. The van der Waals surface area contributed by atoms with E-state index >= 15 is 0 Å². The van der Waals surface area contributed by atoms with Crippen LogP contribution in [0.25, 0.3) is 0 Å². The molecule has 22 heavy (non-hydrogen) atoms. The van der Waals surface area contributed by atoms with Gasteiger partial charge in [0.1, 0.15) is 5.54 Å². The van der Waals surface area contributed by atoms with Crippen LogP contribution in [0, 0.1) is 0 Å². The summed E-state index contributed by atoms with van der Waals surface area (Å²) >= 11 is 0. The lowest BCUT2D eigenvalue weighted by Gasteiger charge is -2.19. The fourth-order valence-corrected chi connectivity index (χ4v) is 2.02. The summed E-state index contributed by atoms with van der Waals surface area (Å²) in [7, 11) is 0. The van der Waals surface area contributed by atoms with E-state index in [4.69, 9.17) is 0 Å². The van der Waals surface area contributed by atoms with Crippen molar-refractivity contribution in [2.45, 2.75) is 32.4 Å². The molecule has 0 radical (unpaired) electrons. The molecule has 0 aromatic carbocycles. The van der Waals surface area contributed by atoms with Crippen LogP contribution >= 0.6 is 0 Å². The van der Waals surface area contributed by atoms with E-state index in [1.165, 1.54) is 0 Å². The molecule has 4 amide bonds. The molecular formula is C13H20N6O3. The molecule has 1 aliphatic heterocycles. The smallest absolute Gasteiger partial charge is 0.322 e. The average Bonchev–Trinajstić information content (AvgIpc) is 3.07. The van der Waals surface area contributed by atoms with Gasteiger partial charge in [-0.1, -0.05) is 6.92 Å². The van der Waals surface area contributed by atoms with Crippen LogP contribution in [-0.4, -0.2) is 51.3 Å². The summed E-state index contributed by atoms with van der Waals surface area (Å²) in [5, 5.41) is 10.2. The number of hydrazine groups is 1. The number of imide groups is 1. The van der Waals surface area contributed by atoms with E-state index in [9.17, 15) is 14.4 Å². The lowest BCUT2D eigenvalue weighted by molar-refractivity contribution is -0.138. The predicted octanol–water partition coefficient (Wildman–Crippen LogP) is -0.776. The first kappa shape index (κ1) is 16.0. The highest BCUT2D eigenvalue weighted by Gasteiger charge is 2.47. The molecule has 0 saturated carbocycles. The Morgan fingerprint density at radius 2 is 2.23 bits per heavy atom. The van der Waals surface area contributed by atoms with Crippen molar-refractivity contribution in [2.24, 2.45) is 0 Å². The fourth-order valence-electron chi connectivity index (χ4n) is 2.02. The maximum Gasteiger partial charge on any atom is 0.344 e. The summed E-state index contributed by atoms with van der Waals surface area (Å²) in [6.07, 6.45) is 3.95. The van der Waals surface area contributed by atoms with E-state index in [1.54, 1.807) is 24.7 Å². The number of hydrogen-bond donors (Lipinski definition) is 3. The van der Waals surface area contributed by atoms with Crippen LogP contribution in [0.4, 0.5) is 4.79 Å². The lowest BCUT2D eigenvalue weighted by Crippen LogP contribution is -2.50. The van der Waals surface area contributed by atoms with Gasteiger partial charge in [-0.3, -0.25) is 19.7 Å². The third-order valence-corrected chi connectivity index (χ3v) is 3.57. The van der Waals surface area contributed by atoms with Crippen molar-refractivity contribution in [2.75, 3.05) is 13.1 Å². The monoisotopic (exact) mass is 308 g/mol. The number of carbonyl (C=O) groups is 3. The Labute approximate surface area is 128 Å². The van der Waals surface area contributed by atoms with Crippen molar-refractivity contribution in [3.05, 3.63) is 18.5 Å². The Morgan fingerprint density at radius 3 is 2.82 bits per heavy atom. The largest absolute Gasteiger partial charge is 0.344 e. The molecule has 3 N–H and O–H groups in total. The quantitative estimate of drug-likeness (QED) is 0.452. The van der Waals surface area contributed by atoms with Crippen molar-refractivity contribution >= 4 is 17.8 Å². The number of nitrogens with one attached hydrogen (secondary N) is 3. The average molecular weight is 308 g/mol. The number of hydrogen-bond acceptors (Lipinski definition) is 5. The molecule has 0 bridgehead atoms. The Hall–Kier alpha value is -2.42. The number of nitrogens with zero attached hydrogens (tertiary/aromatic N) is 3. The molecule has 2 rings (SSSR count). The summed E-state index contributed by atoms with van der Waals surface area (Å²) in [6, 6.07) is 1.20. The highest BCUT2D eigenvalue weighted by molar-refractivity contribution is 6.07.